The smallest absolute Gasteiger partial charge is 0.148 e. The maximum atomic E-state index is 5.55. The molecule has 5 nitrogen and oxygen atoms in total. The van der Waals surface area contributed by atoms with E-state index in [1.165, 1.54) is 19.3 Å². The Hall–Kier alpha value is -1.36. The molecule has 1 heterocycles. The number of nitrogen functional groups attached to an aromatic ring is 1. The number of nitrogens with zero attached hydrogens (tertiary/aromatic N) is 2. The molecule has 1 saturated carbocycles. The fraction of sp³-hybridized carbons (Fsp3) is 0.733. The van der Waals surface area contributed by atoms with Gasteiger partial charge in [-0.25, -0.2) is 15.8 Å². The molecule has 4 N–H and O–H groups in total. The molecular weight excluding hydrogens is 250 g/mol. The summed E-state index contributed by atoms with van der Waals surface area (Å²) in [5, 5.41) is 3.50. The van der Waals surface area contributed by atoms with E-state index < -0.39 is 0 Å². The zero-order valence-corrected chi connectivity index (χ0v) is 12.9. The van der Waals surface area contributed by atoms with Crippen LogP contribution in [0.3, 0.4) is 0 Å². The molecule has 20 heavy (non-hydrogen) atoms. The van der Waals surface area contributed by atoms with Crippen molar-refractivity contribution in [3.8, 4) is 0 Å². The highest BCUT2D eigenvalue weighted by atomic mass is 15.3. The topological polar surface area (TPSA) is 75.9 Å². The summed E-state index contributed by atoms with van der Waals surface area (Å²) in [4.78, 5) is 9.08. The average molecular weight is 277 g/mol. The molecule has 0 aliphatic heterocycles. The van der Waals surface area contributed by atoms with E-state index in [0.29, 0.717) is 0 Å². The summed E-state index contributed by atoms with van der Waals surface area (Å²) in [6, 6.07) is 0. The van der Waals surface area contributed by atoms with E-state index in [4.69, 9.17) is 5.84 Å². The normalized spacial score (nSPS) is 22.0. The number of aryl methyl sites for hydroxylation is 1. The van der Waals surface area contributed by atoms with E-state index in [1.807, 2.05) is 6.92 Å². The minimum absolute atomic E-state index is 0.728. The number of rotatable bonds is 6. The summed E-state index contributed by atoms with van der Waals surface area (Å²) in [7, 11) is 0. The number of anilines is 2. The van der Waals surface area contributed by atoms with Crippen molar-refractivity contribution >= 4 is 11.6 Å². The van der Waals surface area contributed by atoms with Gasteiger partial charge >= 0.3 is 0 Å². The van der Waals surface area contributed by atoms with Gasteiger partial charge in [-0.05, 0) is 38.0 Å². The molecule has 1 aromatic rings. The first-order valence-electron chi connectivity index (χ1n) is 7.72. The molecule has 0 radical (unpaired) electrons. The molecule has 2 atom stereocenters. The molecule has 0 amide bonds. The van der Waals surface area contributed by atoms with Crippen molar-refractivity contribution in [2.75, 3.05) is 17.3 Å². The van der Waals surface area contributed by atoms with Crippen molar-refractivity contribution in [1.82, 2.24) is 9.97 Å². The van der Waals surface area contributed by atoms with Crippen LogP contribution < -0.4 is 16.6 Å². The molecule has 1 aromatic heterocycles. The van der Waals surface area contributed by atoms with Crippen molar-refractivity contribution < 1.29 is 0 Å². The van der Waals surface area contributed by atoms with Crippen LogP contribution in [0.2, 0.25) is 0 Å². The van der Waals surface area contributed by atoms with E-state index in [1.54, 1.807) is 0 Å². The number of hydrogen-bond donors (Lipinski definition) is 3. The van der Waals surface area contributed by atoms with Gasteiger partial charge in [-0.2, -0.15) is 0 Å². The lowest BCUT2D eigenvalue weighted by molar-refractivity contribution is 0.536. The SMILES string of the molecule is CCCc1nc(NN)c(C)c(NCC2CCC(C)C2)n1. The van der Waals surface area contributed by atoms with E-state index >= 15 is 0 Å². The Bertz CT molecular complexity index is 446. The van der Waals surface area contributed by atoms with Gasteiger partial charge in [0.1, 0.15) is 17.5 Å². The van der Waals surface area contributed by atoms with Crippen LogP contribution in [0.1, 0.15) is 50.9 Å². The Kier molecular flexibility index (Phi) is 5.17. The maximum absolute atomic E-state index is 5.55. The first-order chi connectivity index (χ1) is 9.63. The number of hydrogen-bond acceptors (Lipinski definition) is 5. The van der Waals surface area contributed by atoms with Crippen LogP contribution in [0.15, 0.2) is 0 Å². The first kappa shape index (κ1) is 15.0. The zero-order valence-electron chi connectivity index (χ0n) is 12.9. The molecule has 1 aliphatic rings. The Morgan fingerprint density at radius 2 is 2.00 bits per heavy atom. The molecule has 0 saturated heterocycles. The number of nitrogens with two attached hydrogens (primary N) is 1. The minimum atomic E-state index is 0.728. The van der Waals surface area contributed by atoms with Gasteiger partial charge < -0.3 is 10.7 Å². The number of nitrogens with one attached hydrogen (secondary N) is 2. The van der Waals surface area contributed by atoms with Crippen molar-refractivity contribution in [2.45, 2.75) is 52.9 Å². The molecular formula is C15H27N5. The van der Waals surface area contributed by atoms with Crippen LogP contribution in [-0.2, 0) is 6.42 Å². The van der Waals surface area contributed by atoms with Crippen molar-refractivity contribution in [1.29, 1.82) is 0 Å². The summed E-state index contributed by atoms with van der Waals surface area (Å²) < 4.78 is 0. The highest BCUT2D eigenvalue weighted by molar-refractivity contribution is 5.56. The van der Waals surface area contributed by atoms with Crippen LogP contribution in [-0.4, -0.2) is 16.5 Å². The third-order valence-corrected chi connectivity index (χ3v) is 4.16. The number of hydrazine groups is 1. The van der Waals surface area contributed by atoms with Crippen LogP contribution >= 0.6 is 0 Å². The molecule has 1 aliphatic carbocycles. The minimum Gasteiger partial charge on any atom is -0.369 e. The molecule has 0 bridgehead atoms. The van der Waals surface area contributed by atoms with Crippen molar-refractivity contribution in [2.24, 2.45) is 17.7 Å². The van der Waals surface area contributed by atoms with Crippen LogP contribution in [0.5, 0.6) is 0 Å². The quantitative estimate of drug-likeness (QED) is 0.550. The lowest BCUT2D eigenvalue weighted by atomic mass is 10.1. The van der Waals surface area contributed by atoms with Gasteiger partial charge in [-0.1, -0.05) is 20.3 Å². The van der Waals surface area contributed by atoms with Crippen molar-refractivity contribution in [3.05, 3.63) is 11.4 Å². The lowest BCUT2D eigenvalue weighted by Crippen LogP contribution is -2.17. The second-order valence-electron chi connectivity index (χ2n) is 6.02. The standard InChI is InChI=1S/C15H27N5/c1-4-5-13-18-14(11(3)15(19-13)20-16)17-9-12-7-6-10(2)8-12/h10,12H,4-9,16H2,1-3H3,(H2,17,18,19,20). The second-order valence-corrected chi connectivity index (χ2v) is 6.02. The van der Waals surface area contributed by atoms with Gasteiger partial charge in [0.05, 0.1) is 0 Å². The Morgan fingerprint density at radius 1 is 1.25 bits per heavy atom. The van der Waals surface area contributed by atoms with Crippen molar-refractivity contribution in [3.63, 3.8) is 0 Å². The molecule has 0 aromatic carbocycles. The highest BCUT2D eigenvalue weighted by Crippen LogP contribution is 2.30. The maximum Gasteiger partial charge on any atom is 0.148 e. The highest BCUT2D eigenvalue weighted by Gasteiger charge is 2.21. The Balaban J connectivity index is 2.07. The predicted molar refractivity (Wildman–Crippen MR) is 83.6 cm³/mol. The zero-order chi connectivity index (χ0) is 14.5. The monoisotopic (exact) mass is 277 g/mol. The average Bonchev–Trinajstić information content (AvgIpc) is 2.85. The van der Waals surface area contributed by atoms with Gasteiger partial charge in [0.2, 0.25) is 0 Å². The third kappa shape index (κ3) is 3.60. The van der Waals surface area contributed by atoms with E-state index in [9.17, 15) is 0 Å². The first-order valence-corrected chi connectivity index (χ1v) is 7.72. The Morgan fingerprint density at radius 3 is 2.60 bits per heavy atom. The lowest BCUT2D eigenvalue weighted by Gasteiger charge is -2.16. The van der Waals surface area contributed by atoms with Gasteiger partial charge in [0, 0.05) is 18.5 Å². The summed E-state index contributed by atoms with van der Waals surface area (Å²) in [6.07, 6.45) is 5.91. The third-order valence-electron chi connectivity index (χ3n) is 4.16. The summed E-state index contributed by atoms with van der Waals surface area (Å²) in [5.74, 6) is 9.70. The second kappa shape index (κ2) is 6.88. The molecule has 2 unspecified atom stereocenters. The van der Waals surface area contributed by atoms with Crippen LogP contribution in [0.25, 0.3) is 0 Å². The van der Waals surface area contributed by atoms with Gasteiger partial charge in [0.15, 0.2) is 0 Å². The summed E-state index contributed by atoms with van der Waals surface area (Å²) >= 11 is 0. The predicted octanol–water partition coefficient (Wildman–Crippen LogP) is 2.87. The largest absolute Gasteiger partial charge is 0.369 e. The molecule has 0 spiro atoms. The van der Waals surface area contributed by atoms with Gasteiger partial charge in [0.25, 0.3) is 0 Å². The fourth-order valence-electron chi connectivity index (χ4n) is 2.96. The fourth-order valence-corrected chi connectivity index (χ4v) is 2.96. The van der Waals surface area contributed by atoms with Gasteiger partial charge in [-0.15, -0.1) is 0 Å². The van der Waals surface area contributed by atoms with E-state index in [-0.39, 0.29) is 0 Å². The van der Waals surface area contributed by atoms with E-state index in [2.05, 4.69) is 34.6 Å². The summed E-state index contributed by atoms with van der Waals surface area (Å²) in [6.45, 7) is 7.47. The van der Waals surface area contributed by atoms with Crippen LogP contribution in [0.4, 0.5) is 11.6 Å². The molecule has 2 rings (SSSR count). The van der Waals surface area contributed by atoms with Crippen LogP contribution in [0, 0.1) is 18.8 Å². The Labute approximate surface area is 121 Å². The number of aromatic nitrogens is 2. The summed E-state index contributed by atoms with van der Waals surface area (Å²) in [5.41, 5.74) is 3.68. The molecule has 1 fully saturated rings. The van der Waals surface area contributed by atoms with Gasteiger partial charge in [-0.3, -0.25) is 0 Å². The molecule has 5 heteroatoms. The molecule has 112 valence electrons. The van der Waals surface area contributed by atoms with E-state index in [0.717, 1.165) is 54.2 Å².